The molecule has 21 heteroatoms. The summed E-state index contributed by atoms with van der Waals surface area (Å²) >= 11 is 7.01. The number of urea groups is 2. The quantitative estimate of drug-likeness (QED) is 0.101. The van der Waals surface area contributed by atoms with Crippen LogP contribution in [0.2, 0.25) is 0 Å². The number of hydrogen-bond acceptors (Lipinski definition) is 13. The molecule has 19 nitrogen and oxygen atoms in total. The molecule has 0 bridgehead atoms. The Balaban J connectivity index is 1.07. The van der Waals surface area contributed by atoms with Crippen molar-refractivity contribution in [1.82, 2.24) is 30.3 Å². The van der Waals surface area contributed by atoms with Crippen molar-refractivity contribution in [3.63, 3.8) is 0 Å². The summed E-state index contributed by atoms with van der Waals surface area (Å²) in [6.45, 7) is 3.03. The van der Waals surface area contributed by atoms with E-state index in [-0.39, 0.29) is 30.2 Å². The van der Waals surface area contributed by atoms with Gasteiger partial charge in [0, 0.05) is 82.0 Å². The fourth-order valence-corrected chi connectivity index (χ4v) is 10.2. The van der Waals surface area contributed by atoms with Crippen LogP contribution in [0.1, 0.15) is 43.2 Å². The number of piperazine rings is 1. The first-order valence-corrected chi connectivity index (χ1v) is 23.5. The van der Waals surface area contributed by atoms with E-state index in [1.807, 2.05) is 36.4 Å². The molecule has 352 valence electrons. The lowest BCUT2D eigenvalue weighted by Gasteiger charge is -2.40. The molecular formula is C44H57Br2N9O10. The molecule has 7 rings (SSSR count). The highest BCUT2D eigenvalue weighted by Gasteiger charge is 2.45. The number of nitrogens with one attached hydrogen (secondary N) is 3. The van der Waals surface area contributed by atoms with Gasteiger partial charge in [-0.2, -0.15) is 0 Å². The second-order valence-electron chi connectivity index (χ2n) is 16.7. The number of carbonyl (C=O) groups is 4. The summed E-state index contributed by atoms with van der Waals surface area (Å²) in [7, 11) is 0. The zero-order valence-corrected chi connectivity index (χ0v) is 39.0. The number of rotatable bonds is 15. The Labute approximate surface area is 393 Å². The van der Waals surface area contributed by atoms with Crippen LogP contribution in [0.3, 0.4) is 0 Å². The van der Waals surface area contributed by atoms with Gasteiger partial charge in [0.25, 0.3) is 0 Å². The molecule has 0 spiro atoms. The Hall–Kier alpha value is -4.61. The van der Waals surface area contributed by atoms with Gasteiger partial charge in [-0.05, 0) is 112 Å². The molecule has 65 heavy (non-hydrogen) atoms. The summed E-state index contributed by atoms with van der Waals surface area (Å²) in [5.74, 6) is -0.625. The average molecular weight is 1030 g/mol. The molecule has 9 N–H and O–H groups in total. The van der Waals surface area contributed by atoms with Gasteiger partial charge in [0.2, 0.25) is 18.1 Å². The molecule has 3 saturated heterocycles. The van der Waals surface area contributed by atoms with E-state index >= 15 is 0 Å². The highest BCUT2D eigenvalue weighted by atomic mass is 79.9. The van der Waals surface area contributed by atoms with Crippen molar-refractivity contribution in [2.45, 2.75) is 93.9 Å². The van der Waals surface area contributed by atoms with Gasteiger partial charge in [0.05, 0.1) is 15.6 Å². The maximum atomic E-state index is 14.5. The molecule has 5 heterocycles. The van der Waals surface area contributed by atoms with E-state index in [0.29, 0.717) is 99.0 Å². The number of pyridine rings is 1. The first-order valence-electron chi connectivity index (χ1n) is 21.9. The van der Waals surface area contributed by atoms with Gasteiger partial charge in [-0.3, -0.25) is 14.6 Å². The predicted molar refractivity (Wildman–Crippen MR) is 246 cm³/mol. The maximum Gasteiger partial charge on any atom is 0.322 e. The number of aliphatic hydroxyl groups excluding tert-OH is 4. The highest BCUT2D eigenvalue weighted by Crippen LogP contribution is 2.38. The third kappa shape index (κ3) is 11.7. The summed E-state index contributed by atoms with van der Waals surface area (Å²) in [6, 6.07) is 12.0. The topological polar surface area (TPSA) is 256 Å². The number of halogens is 2. The van der Waals surface area contributed by atoms with Gasteiger partial charge >= 0.3 is 12.1 Å². The smallest absolute Gasteiger partial charge is 0.322 e. The minimum Gasteiger partial charge on any atom is -0.460 e. The van der Waals surface area contributed by atoms with Gasteiger partial charge in [0.1, 0.15) is 36.5 Å². The Morgan fingerprint density at radius 2 is 1.58 bits per heavy atom. The highest BCUT2D eigenvalue weighted by molar-refractivity contribution is 9.11. The largest absolute Gasteiger partial charge is 0.460 e. The summed E-state index contributed by atoms with van der Waals surface area (Å²) in [5.41, 5.74) is 9.21. The third-order valence-corrected chi connectivity index (χ3v) is 13.6. The Bertz CT molecular complexity index is 2100. The molecule has 1 aromatic heterocycles. The number of amides is 6. The number of benzene rings is 2. The zero-order chi connectivity index (χ0) is 46.2. The molecule has 0 saturated carbocycles. The molecule has 0 radical (unpaired) electrons. The third-order valence-electron chi connectivity index (χ3n) is 12.4. The van der Waals surface area contributed by atoms with Gasteiger partial charge in [-0.15, -0.1) is 0 Å². The van der Waals surface area contributed by atoms with Crippen molar-refractivity contribution in [2.75, 3.05) is 62.6 Å². The van der Waals surface area contributed by atoms with Crippen molar-refractivity contribution < 1.29 is 49.1 Å². The molecule has 0 unspecified atom stereocenters. The minimum absolute atomic E-state index is 0.0206. The van der Waals surface area contributed by atoms with Gasteiger partial charge < -0.3 is 71.2 Å². The van der Waals surface area contributed by atoms with Gasteiger partial charge in [-0.1, -0.05) is 18.2 Å². The number of ether oxygens (including phenoxy) is 2. The van der Waals surface area contributed by atoms with Crippen LogP contribution in [0, 0.1) is 0 Å². The number of fused-ring (bicyclic) bond motifs is 1. The van der Waals surface area contributed by atoms with Crippen LogP contribution < -0.4 is 31.3 Å². The number of likely N-dealkylation sites (tertiary alicyclic amines) is 1. The van der Waals surface area contributed by atoms with Crippen LogP contribution in [0.4, 0.5) is 21.0 Å². The average Bonchev–Trinajstić information content (AvgIpc) is 3.32. The van der Waals surface area contributed by atoms with E-state index in [9.17, 15) is 39.6 Å². The van der Waals surface area contributed by atoms with Crippen molar-refractivity contribution in [3.8, 4) is 5.75 Å². The summed E-state index contributed by atoms with van der Waals surface area (Å²) in [4.78, 5) is 67.3. The monoisotopic (exact) mass is 1030 g/mol. The lowest BCUT2D eigenvalue weighted by molar-refractivity contribution is -0.277. The minimum atomic E-state index is -1.65. The predicted octanol–water partition coefficient (Wildman–Crippen LogP) is 1.88. The van der Waals surface area contributed by atoms with Crippen LogP contribution >= 0.6 is 31.9 Å². The number of anilines is 2. The molecular weight excluding hydrogens is 974 g/mol. The molecule has 6 amide bonds. The number of aromatic nitrogens is 1. The molecule has 4 aliphatic rings. The number of para-hydroxylation sites is 1. The van der Waals surface area contributed by atoms with Crippen LogP contribution in [0.15, 0.2) is 69.9 Å². The molecule has 0 aliphatic carbocycles. The second-order valence-corrected chi connectivity index (χ2v) is 18.4. The Kier molecular flexibility index (Phi) is 16.5. The summed E-state index contributed by atoms with van der Waals surface area (Å²) in [6.07, 6.45) is -1.44. The van der Waals surface area contributed by atoms with E-state index < -0.39 is 61.3 Å². The SMILES string of the molecule is NCCCC[C@H](NC(=O)[C@@H](Cc1cc(Br)c(O[C@@H]2O[C@H](CO)[C@@H](O)[C@H](O)[C@@H]2O)c(Br)c1)NC(=O)N1CCC(N2Cc3ccccc3NC2=O)CC1)C(=O)N1CCN(c2ccncc2)CC1. The standard InChI is InChI=1S/C44H57Br2N9O10/c45-30-21-26(22-31(46)39(30)65-42-38(59)37(58)36(57)35(25-56)64-42)23-34(51-43(62)54-15-10-29(11-16-54)55-24-27-5-1-2-6-32(27)50-44(55)63)40(60)49-33(7-3-4-12-47)41(61)53-19-17-52(18-20-53)28-8-13-48-14-9-28/h1-2,5-6,8-9,13-14,21-22,29,33-38,42,56-59H,3-4,7,10-12,15-20,23-25,47H2,(H,49,60)(H,50,63)(H,51,62)/t33-,34+,35+,36+,37-,38-,42-/m0/s1. The lowest BCUT2D eigenvalue weighted by Crippen LogP contribution is -2.60. The van der Waals surface area contributed by atoms with Crippen molar-refractivity contribution >= 4 is 67.1 Å². The molecule has 7 atom stereocenters. The second kappa shape index (κ2) is 22.3. The van der Waals surface area contributed by atoms with Gasteiger partial charge in [0.15, 0.2) is 5.75 Å². The zero-order valence-electron chi connectivity index (χ0n) is 35.8. The Morgan fingerprint density at radius 1 is 0.892 bits per heavy atom. The van der Waals surface area contributed by atoms with Gasteiger partial charge in [-0.25, -0.2) is 9.59 Å². The summed E-state index contributed by atoms with van der Waals surface area (Å²) < 4.78 is 12.2. The van der Waals surface area contributed by atoms with Crippen molar-refractivity contribution in [2.24, 2.45) is 5.73 Å². The number of nitrogens with two attached hydrogens (primary N) is 1. The Morgan fingerprint density at radius 3 is 2.26 bits per heavy atom. The van der Waals surface area contributed by atoms with E-state index in [0.717, 1.165) is 16.9 Å². The molecule has 4 aliphatic heterocycles. The van der Waals surface area contributed by atoms with Crippen molar-refractivity contribution in [3.05, 3.63) is 81.0 Å². The maximum absolute atomic E-state index is 14.5. The number of piperidine rings is 1. The molecule has 3 fully saturated rings. The molecule has 3 aromatic rings. The molecule has 2 aromatic carbocycles. The van der Waals surface area contributed by atoms with E-state index in [1.165, 1.54) is 0 Å². The number of carbonyl (C=O) groups excluding carboxylic acids is 4. The van der Waals surface area contributed by atoms with Crippen LogP contribution in [-0.4, -0.2) is 165 Å². The van der Waals surface area contributed by atoms with Crippen LogP contribution in [0.25, 0.3) is 0 Å². The van der Waals surface area contributed by atoms with E-state index in [1.54, 1.807) is 39.2 Å². The first kappa shape index (κ1) is 48.3. The normalized spacial score (nSPS) is 23.6. The number of unbranched alkanes of at least 4 members (excludes halogenated alkanes) is 1. The number of hydrogen-bond donors (Lipinski definition) is 8. The number of nitrogens with zero attached hydrogens (tertiary/aromatic N) is 5. The van der Waals surface area contributed by atoms with Crippen molar-refractivity contribution in [1.29, 1.82) is 0 Å². The fourth-order valence-electron chi connectivity index (χ4n) is 8.69. The number of aliphatic hydroxyl groups is 4. The summed E-state index contributed by atoms with van der Waals surface area (Å²) in [5, 5.41) is 49.8. The van der Waals surface area contributed by atoms with E-state index in [4.69, 9.17) is 15.2 Å². The lowest BCUT2D eigenvalue weighted by atomic mass is 9.99. The van der Waals surface area contributed by atoms with E-state index in [2.05, 4.69) is 57.7 Å². The van der Waals surface area contributed by atoms with Crippen LogP contribution in [-0.2, 0) is 27.3 Å². The first-order chi connectivity index (χ1) is 31.3. The fraction of sp³-hybridized carbons (Fsp3) is 0.523. The van der Waals surface area contributed by atoms with Crippen LogP contribution in [0.5, 0.6) is 5.75 Å².